The van der Waals surface area contributed by atoms with Crippen molar-refractivity contribution < 1.29 is 19.1 Å². The normalized spacial score (nSPS) is 9.40. The van der Waals surface area contributed by atoms with Gasteiger partial charge in [-0.15, -0.1) is 0 Å². The Labute approximate surface area is 86.8 Å². The Kier molecular flexibility index (Phi) is 3.68. The van der Waals surface area contributed by atoms with Gasteiger partial charge in [0, 0.05) is 0 Å². The molecule has 0 saturated carbocycles. The van der Waals surface area contributed by atoms with E-state index in [4.69, 9.17) is 10.5 Å². The van der Waals surface area contributed by atoms with Crippen LogP contribution in [0.4, 0.5) is 0 Å². The van der Waals surface area contributed by atoms with Crippen LogP contribution in [-0.2, 0) is 9.53 Å². The molecule has 80 valence electrons. The third-order valence-corrected chi connectivity index (χ3v) is 1.67. The van der Waals surface area contributed by atoms with Gasteiger partial charge in [0.1, 0.15) is 5.75 Å². The molecule has 1 aromatic carbocycles. The Morgan fingerprint density at radius 2 is 1.87 bits per heavy atom. The topological polar surface area (TPSA) is 78.6 Å². The summed E-state index contributed by atoms with van der Waals surface area (Å²) in [7, 11) is 1.53. The van der Waals surface area contributed by atoms with Crippen molar-refractivity contribution >= 4 is 11.9 Å². The number of rotatable bonds is 4. The molecule has 0 aliphatic heterocycles. The lowest BCUT2D eigenvalue weighted by Gasteiger charge is -2.03. The van der Waals surface area contributed by atoms with Crippen LogP contribution < -0.4 is 10.5 Å². The lowest BCUT2D eigenvalue weighted by molar-refractivity contribution is -0.121. The van der Waals surface area contributed by atoms with Crippen molar-refractivity contribution in [3.05, 3.63) is 29.8 Å². The van der Waals surface area contributed by atoms with Crippen LogP contribution in [0, 0.1) is 0 Å². The minimum Gasteiger partial charge on any atom is -0.497 e. The van der Waals surface area contributed by atoms with Gasteiger partial charge in [0.15, 0.2) is 6.61 Å². The van der Waals surface area contributed by atoms with Gasteiger partial charge >= 0.3 is 5.97 Å². The number of benzene rings is 1. The number of ether oxygens (including phenoxy) is 2. The van der Waals surface area contributed by atoms with Crippen molar-refractivity contribution in [2.45, 2.75) is 0 Å². The van der Waals surface area contributed by atoms with E-state index in [1.54, 1.807) is 24.3 Å². The number of nitrogens with two attached hydrogens (primary N) is 1. The van der Waals surface area contributed by atoms with Crippen molar-refractivity contribution in [3.63, 3.8) is 0 Å². The maximum Gasteiger partial charge on any atom is 0.338 e. The van der Waals surface area contributed by atoms with Crippen LogP contribution in [0.5, 0.6) is 5.75 Å². The minimum absolute atomic E-state index is 0.344. The van der Waals surface area contributed by atoms with E-state index >= 15 is 0 Å². The average Bonchev–Trinajstić information content (AvgIpc) is 2.26. The number of primary amides is 1. The predicted octanol–water partition coefficient (Wildman–Crippen LogP) is 0.337. The minimum atomic E-state index is -0.683. The Balaban J connectivity index is 2.62. The molecule has 5 nitrogen and oxygen atoms in total. The third-order valence-electron chi connectivity index (χ3n) is 1.67. The van der Waals surface area contributed by atoms with Crippen molar-refractivity contribution in [2.75, 3.05) is 13.7 Å². The molecule has 1 aromatic rings. The van der Waals surface area contributed by atoms with E-state index in [1.807, 2.05) is 0 Å². The molecule has 0 radical (unpaired) electrons. The highest BCUT2D eigenvalue weighted by atomic mass is 16.5. The van der Waals surface area contributed by atoms with Crippen molar-refractivity contribution in [3.8, 4) is 5.75 Å². The highest BCUT2D eigenvalue weighted by Gasteiger charge is 2.07. The van der Waals surface area contributed by atoms with E-state index in [2.05, 4.69) is 4.74 Å². The highest BCUT2D eigenvalue weighted by molar-refractivity contribution is 5.91. The zero-order valence-electron chi connectivity index (χ0n) is 8.23. The molecule has 5 heteroatoms. The second-order valence-corrected chi connectivity index (χ2v) is 2.77. The second-order valence-electron chi connectivity index (χ2n) is 2.77. The maximum atomic E-state index is 11.3. The lowest BCUT2D eigenvalue weighted by Crippen LogP contribution is -2.20. The Morgan fingerprint density at radius 3 is 2.33 bits per heavy atom. The van der Waals surface area contributed by atoms with E-state index < -0.39 is 18.5 Å². The number of esters is 1. The molecule has 0 spiro atoms. The lowest BCUT2D eigenvalue weighted by atomic mass is 10.2. The first-order valence-electron chi connectivity index (χ1n) is 4.23. The van der Waals surface area contributed by atoms with Crippen LogP contribution in [0.3, 0.4) is 0 Å². The predicted molar refractivity (Wildman–Crippen MR) is 52.5 cm³/mol. The molecular weight excluding hydrogens is 198 g/mol. The van der Waals surface area contributed by atoms with E-state index in [1.165, 1.54) is 7.11 Å². The zero-order chi connectivity index (χ0) is 11.3. The second kappa shape index (κ2) is 4.99. The van der Waals surface area contributed by atoms with Crippen LogP contribution >= 0.6 is 0 Å². The molecule has 0 heterocycles. The molecule has 0 saturated heterocycles. The smallest absolute Gasteiger partial charge is 0.338 e. The number of hydrogen-bond acceptors (Lipinski definition) is 4. The molecule has 1 amide bonds. The number of amides is 1. The van der Waals surface area contributed by atoms with Crippen LogP contribution in [0.15, 0.2) is 24.3 Å². The maximum absolute atomic E-state index is 11.3. The number of carbonyl (C=O) groups excluding carboxylic acids is 2. The van der Waals surface area contributed by atoms with Gasteiger partial charge in [0.25, 0.3) is 5.91 Å². The van der Waals surface area contributed by atoms with Gasteiger partial charge in [-0.25, -0.2) is 4.79 Å². The van der Waals surface area contributed by atoms with E-state index in [0.29, 0.717) is 11.3 Å². The molecule has 0 bridgehead atoms. The summed E-state index contributed by atoms with van der Waals surface area (Å²) < 4.78 is 9.53. The Bertz CT molecular complexity index is 358. The first-order valence-corrected chi connectivity index (χ1v) is 4.23. The van der Waals surface area contributed by atoms with Crippen LogP contribution in [0.25, 0.3) is 0 Å². The van der Waals surface area contributed by atoms with Gasteiger partial charge in [-0.3, -0.25) is 4.79 Å². The molecule has 0 aliphatic rings. The largest absolute Gasteiger partial charge is 0.497 e. The van der Waals surface area contributed by atoms with Crippen LogP contribution in [0.2, 0.25) is 0 Å². The summed E-state index contributed by atoms with van der Waals surface area (Å²) in [4.78, 5) is 21.6. The van der Waals surface area contributed by atoms with Crippen LogP contribution in [-0.4, -0.2) is 25.6 Å². The molecule has 0 atom stereocenters. The fourth-order valence-electron chi connectivity index (χ4n) is 0.947. The SMILES string of the molecule is COc1ccc(C(=O)OCC(N)=O)cc1. The van der Waals surface area contributed by atoms with Gasteiger partial charge in [-0.1, -0.05) is 0 Å². The monoisotopic (exact) mass is 209 g/mol. The first kappa shape index (κ1) is 11.0. The van der Waals surface area contributed by atoms with Crippen molar-refractivity contribution in [2.24, 2.45) is 5.73 Å². The summed E-state index contributed by atoms with van der Waals surface area (Å²) in [6.07, 6.45) is 0. The van der Waals surface area contributed by atoms with Crippen molar-refractivity contribution in [1.29, 1.82) is 0 Å². The molecule has 2 N–H and O–H groups in total. The molecule has 0 fully saturated rings. The summed E-state index contributed by atoms with van der Waals surface area (Å²) in [6.45, 7) is -0.412. The van der Waals surface area contributed by atoms with E-state index in [-0.39, 0.29) is 0 Å². The number of hydrogen-bond donors (Lipinski definition) is 1. The standard InChI is InChI=1S/C10H11NO4/c1-14-8-4-2-7(3-5-8)10(13)15-6-9(11)12/h2-5H,6H2,1H3,(H2,11,12). The van der Waals surface area contributed by atoms with Crippen molar-refractivity contribution in [1.82, 2.24) is 0 Å². The van der Waals surface area contributed by atoms with E-state index in [0.717, 1.165) is 0 Å². The van der Waals surface area contributed by atoms with Gasteiger partial charge in [0.2, 0.25) is 0 Å². The number of carbonyl (C=O) groups is 2. The van der Waals surface area contributed by atoms with Gasteiger partial charge in [-0.2, -0.15) is 0 Å². The summed E-state index contributed by atoms with van der Waals surface area (Å²) in [5, 5.41) is 0. The van der Waals surface area contributed by atoms with Gasteiger partial charge < -0.3 is 15.2 Å². The molecule has 15 heavy (non-hydrogen) atoms. The zero-order valence-corrected chi connectivity index (χ0v) is 8.23. The molecule has 0 aromatic heterocycles. The molecule has 1 rings (SSSR count). The molecule has 0 unspecified atom stereocenters. The summed E-state index contributed by atoms with van der Waals surface area (Å²) >= 11 is 0. The summed E-state index contributed by atoms with van der Waals surface area (Å²) in [6, 6.07) is 6.34. The average molecular weight is 209 g/mol. The third kappa shape index (κ3) is 3.30. The summed E-state index contributed by atoms with van der Waals surface area (Å²) in [5.41, 5.74) is 5.17. The van der Waals surface area contributed by atoms with Crippen LogP contribution in [0.1, 0.15) is 10.4 Å². The Hall–Kier alpha value is -2.04. The highest BCUT2D eigenvalue weighted by Crippen LogP contribution is 2.11. The summed E-state index contributed by atoms with van der Waals surface area (Å²) in [5.74, 6) is -0.630. The fraction of sp³-hybridized carbons (Fsp3) is 0.200. The van der Waals surface area contributed by atoms with Gasteiger partial charge in [-0.05, 0) is 24.3 Å². The first-order chi connectivity index (χ1) is 7.13. The fourth-order valence-corrected chi connectivity index (χ4v) is 0.947. The molecule has 0 aliphatic carbocycles. The quantitative estimate of drug-likeness (QED) is 0.725. The Morgan fingerprint density at radius 1 is 1.27 bits per heavy atom. The van der Waals surface area contributed by atoms with E-state index in [9.17, 15) is 9.59 Å². The molecular formula is C10H11NO4. The van der Waals surface area contributed by atoms with Gasteiger partial charge in [0.05, 0.1) is 12.7 Å². The number of methoxy groups -OCH3 is 1.